The molecule has 2 aliphatic rings. The van der Waals surface area contributed by atoms with Crippen LogP contribution in [0.15, 0.2) is 18.2 Å². The van der Waals surface area contributed by atoms with Gasteiger partial charge >= 0.3 is 0 Å². The number of benzene rings is 1. The normalized spacial score (nSPS) is 30.9. The lowest BCUT2D eigenvalue weighted by molar-refractivity contribution is 0.324. The fourth-order valence-corrected chi connectivity index (χ4v) is 3.50. The third-order valence-electron chi connectivity index (χ3n) is 4.59. The van der Waals surface area contributed by atoms with E-state index in [1.54, 1.807) is 11.1 Å². The van der Waals surface area contributed by atoms with Crippen molar-refractivity contribution in [3.63, 3.8) is 0 Å². The Morgan fingerprint density at radius 2 is 2.12 bits per heavy atom. The van der Waals surface area contributed by atoms with E-state index in [-0.39, 0.29) is 0 Å². The van der Waals surface area contributed by atoms with E-state index in [4.69, 9.17) is 0 Å². The van der Waals surface area contributed by atoms with Crippen LogP contribution in [0.3, 0.4) is 0 Å². The summed E-state index contributed by atoms with van der Waals surface area (Å²) in [5.74, 6) is 0.743. The Morgan fingerprint density at radius 1 is 1.31 bits per heavy atom. The standard InChI is InChI=1S/C15H21N/c1-10-12-7-8-15(2,3)13-6-4-5-11(9-16-10)14(12)13/h4-6,10,12,16H,7-9H2,1-3H3. The molecule has 0 bridgehead atoms. The second kappa shape index (κ2) is 3.33. The summed E-state index contributed by atoms with van der Waals surface area (Å²) in [6.07, 6.45) is 2.66. The van der Waals surface area contributed by atoms with Crippen LogP contribution in [0.4, 0.5) is 0 Å². The lowest BCUT2D eigenvalue weighted by Crippen LogP contribution is -2.42. The SMILES string of the molecule is CC1NCc2cccc3c2C1CCC3(C)C. The molecule has 16 heavy (non-hydrogen) atoms. The first-order valence-electron chi connectivity index (χ1n) is 6.45. The van der Waals surface area contributed by atoms with Crippen LogP contribution in [0.5, 0.6) is 0 Å². The van der Waals surface area contributed by atoms with Gasteiger partial charge in [-0.05, 0) is 47.8 Å². The highest BCUT2D eigenvalue weighted by atomic mass is 14.9. The fourth-order valence-electron chi connectivity index (χ4n) is 3.50. The Morgan fingerprint density at radius 3 is 2.94 bits per heavy atom. The van der Waals surface area contributed by atoms with Crippen molar-refractivity contribution >= 4 is 0 Å². The van der Waals surface area contributed by atoms with Gasteiger partial charge in [-0.1, -0.05) is 32.0 Å². The molecule has 0 radical (unpaired) electrons. The molecule has 2 unspecified atom stereocenters. The van der Waals surface area contributed by atoms with Gasteiger partial charge in [0.05, 0.1) is 0 Å². The highest BCUT2D eigenvalue weighted by Gasteiger charge is 2.37. The molecule has 1 N–H and O–H groups in total. The first-order chi connectivity index (χ1) is 7.59. The van der Waals surface area contributed by atoms with E-state index >= 15 is 0 Å². The van der Waals surface area contributed by atoms with Gasteiger partial charge in [-0.3, -0.25) is 0 Å². The molecule has 0 saturated heterocycles. The molecule has 86 valence electrons. The van der Waals surface area contributed by atoms with E-state index in [1.165, 1.54) is 18.4 Å². The zero-order valence-corrected chi connectivity index (χ0v) is 10.5. The maximum atomic E-state index is 3.63. The maximum absolute atomic E-state index is 3.63. The summed E-state index contributed by atoms with van der Waals surface area (Å²) in [4.78, 5) is 0. The van der Waals surface area contributed by atoms with Crippen molar-refractivity contribution in [3.05, 3.63) is 34.9 Å². The van der Waals surface area contributed by atoms with Gasteiger partial charge in [0.25, 0.3) is 0 Å². The molecule has 1 aromatic carbocycles. The minimum atomic E-state index is 0.374. The van der Waals surface area contributed by atoms with Crippen LogP contribution in [-0.2, 0) is 12.0 Å². The van der Waals surface area contributed by atoms with E-state index in [2.05, 4.69) is 44.3 Å². The second-order valence-electron chi connectivity index (χ2n) is 6.08. The third kappa shape index (κ3) is 1.34. The molecule has 0 fully saturated rings. The number of hydrogen-bond acceptors (Lipinski definition) is 1. The largest absolute Gasteiger partial charge is 0.310 e. The molecule has 1 aliphatic carbocycles. The zero-order valence-electron chi connectivity index (χ0n) is 10.5. The topological polar surface area (TPSA) is 12.0 Å². The summed E-state index contributed by atoms with van der Waals surface area (Å²) < 4.78 is 0. The first kappa shape index (κ1) is 10.3. The van der Waals surface area contributed by atoms with Gasteiger partial charge < -0.3 is 5.32 Å². The van der Waals surface area contributed by atoms with E-state index < -0.39 is 0 Å². The van der Waals surface area contributed by atoms with Crippen LogP contribution in [0, 0.1) is 0 Å². The molecule has 1 aliphatic heterocycles. The average Bonchev–Trinajstić information content (AvgIpc) is 2.26. The molecular weight excluding hydrogens is 194 g/mol. The van der Waals surface area contributed by atoms with Gasteiger partial charge in [0.15, 0.2) is 0 Å². The lowest BCUT2D eigenvalue weighted by atomic mass is 9.65. The van der Waals surface area contributed by atoms with Crippen molar-refractivity contribution in [2.45, 2.75) is 57.5 Å². The lowest BCUT2D eigenvalue weighted by Gasteiger charge is -2.43. The van der Waals surface area contributed by atoms with Crippen molar-refractivity contribution < 1.29 is 0 Å². The maximum Gasteiger partial charge on any atom is 0.0211 e. The van der Waals surface area contributed by atoms with E-state index in [9.17, 15) is 0 Å². The minimum absolute atomic E-state index is 0.374. The van der Waals surface area contributed by atoms with E-state index in [0.29, 0.717) is 11.5 Å². The van der Waals surface area contributed by atoms with Gasteiger partial charge in [-0.2, -0.15) is 0 Å². The van der Waals surface area contributed by atoms with Crippen LogP contribution < -0.4 is 5.32 Å². The van der Waals surface area contributed by atoms with E-state index in [1.807, 2.05) is 0 Å². The third-order valence-corrected chi connectivity index (χ3v) is 4.59. The summed E-state index contributed by atoms with van der Waals surface area (Å²) >= 11 is 0. The quantitative estimate of drug-likeness (QED) is 0.700. The van der Waals surface area contributed by atoms with Crippen molar-refractivity contribution in [3.8, 4) is 0 Å². The highest BCUT2D eigenvalue weighted by Crippen LogP contribution is 2.46. The van der Waals surface area contributed by atoms with Gasteiger partial charge in [-0.25, -0.2) is 0 Å². The van der Waals surface area contributed by atoms with Crippen LogP contribution in [0.1, 0.15) is 56.2 Å². The molecule has 2 atom stereocenters. The monoisotopic (exact) mass is 215 g/mol. The van der Waals surface area contributed by atoms with Crippen molar-refractivity contribution in [2.75, 3.05) is 0 Å². The summed E-state index contributed by atoms with van der Waals surface area (Å²) in [6.45, 7) is 8.18. The van der Waals surface area contributed by atoms with Gasteiger partial charge in [-0.15, -0.1) is 0 Å². The van der Waals surface area contributed by atoms with Gasteiger partial charge in [0.2, 0.25) is 0 Å². The van der Waals surface area contributed by atoms with E-state index in [0.717, 1.165) is 12.5 Å². The fraction of sp³-hybridized carbons (Fsp3) is 0.600. The molecule has 1 aromatic rings. The Labute approximate surface area is 98.3 Å². The molecule has 1 heterocycles. The zero-order chi connectivity index (χ0) is 11.3. The Bertz CT molecular complexity index is 419. The molecule has 0 saturated carbocycles. The van der Waals surface area contributed by atoms with Crippen molar-refractivity contribution in [1.29, 1.82) is 0 Å². The van der Waals surface area contributed by atoms with Gasteiger partial charge in [0.1, 0.15) is 0 Å². The minimum Gasteiger partial charge on any atom is -0.310 e. The summed E-state index contributed by atoms with van der Waals surface area (Å²) in [7, 11) is 0. The predicted octanol–water partition coefficient (Wildman–Crippen LogP) is 3.33. The summed E-state index contributed by atoms with van der Waals surface area (Å²) in [5.41, 5.74) is 5.19. The Kier molecular flexibility index (Phi) is 2.16. The van der Waals surface area contributed by atoms with Crippen LogP contribution in [-0.4, -0.2) is 6.04 Å². The van der Waals surface area contributed by atoms with Crippen LogP contribution in [0.2, 0.25) is 0 Å². The van der Waals surface area contributed by atoms with Gasteiger partial charge in [0, 0.05) is 12.6 Å². The first-order valence-corrected chi connectivity index (χ1v) is 6.45. The molecule has 0 spiro atoms. The summed E-state index contributed by atoms with van der Waals surface area (Å²) in [6, 6.07) is 7.52. The van der Waals surface area contributed by atoms with Crippen LogP contribution in [0.25, 0.3) is 0 Å². The predicted molar refractivity (Wildman–Crippen MR) is 67.7 cm³/mol. The Balaban J connectivity index is 2.21. The highest BCUT2D eigenvalue weighted by molar-refractivity contribution is 5.46. The number of hydrogen-bond donors (Lipinski definition) is 1. The van der Waals surface area contributed by atoms with Crippen LogP contribution >= 0.6 is 0 Å². The summed E-state index contributed by atoms with van der Waals surface area (Å²) in [5, 5.41) is 3.63. The van der Waals surface area contributed by atoms with Crippen molar-refractivity contribution in [2.24, 2.45) is 0 Å². The number of nitrogens with one attached hydrogen (secondary N) is 1. The average molecular weight is 215 g/mol. The Hall–Kier alpha value is -0.820. The molecular formula is C15H21N. The number of rotatable bonds is 0. The smallest absolute Gasteiger partial charge is 0.0211 e. The van der Waals surface area contributed by atoms with Crippen molar-refractivity contribution in [1.82, 2.24) is 5.32 Å². The molecule has 1 nitrogen and oxygen atoms in total. The molecule has 3 rings (SSSR count). The molecule has 0 amide bonds. The second-order valence-corrected chi connectivity index (χ2v) is 6.08. The molecule has 1 heteroatoms. The molecule has 0 aromatic heterocycles.